The van der Waals surface area contributed by atoms with Gasteiger partial charge in [0.15, 0.2) is 0 Å². The monoisotopic (exact) mass is 312 g/mol. The number of sulfonamides is 1. The molecule has 20 heavy (non-hydrogen) atoms. The number of thiocarbonyl (C=S) groups is 1. The summed E-state index contributed by atoms with van der Waals surface area (Å²) in [4.78, 5) is 0.499. The molecular formula is C14H20N2O2S2. The van der Waals surface area contributed by atoms with Crippen LogP contribution in [0.3, 0.4) is 0 Å². The Morgan fingerprint density at radius 3 is 2.15 bits per heavy atom. The third-order valence-corrected chi connectivity index (χ3v) is 5.75. The van der Waals surface area contributed by atoms with Crippen LogP contribution in [-0.2, 0) is 10.0 Å². The Balaban J connectivity index is 2.30. The topological polar surface area (TPSA) is 72.2 Å². The molecule has 0 unspecified atom stereocenters. The van der Waals surface area contributed by atoms with Crippen LogP contribution in [0.2, 0.25) is 0 Å². The maximum Gasteiger partial charge on any atom is 0.241 e. The molecule has 0 heterocycles. The van der Waals surface area contributed by atoms with Crippen LogP contribution in [0.4, 0.5) is 0 Å². The summed E-state index contributed by atoms with van der Waals surface area (Å²) in [5.74, 6) is 0. The van der Waals surface area contributed by atoms with Crippen LogP contribution in [0.25, 0.3) is 0 Å². The summed E-state index contributed by atoms with van der Waals surface area (Å²) in [6.07, 6.45) is 5.42. The van der Waals surface area contributed by atoms with E-state index in [1.54, 1.807) is 30.3 Å². The molecule has 3 N–H and O–H groups in total. The number of nitrogens with one attached hydrogen (secondary N) is 1. The number of hydrogen-bond acceptors (Lipinski definition) is 3. The molecule has 1 aliphatic carbocycles. The van der Waals surface area contributed by atoms with Gasteiger partial charge in [-0.1, -0.05) is 56.1 Å². The minimum Gasteiger partial charge on any atom is -0.392 e. The van der Waals surface area contributed by atoms with E-state index in [4.69, 9.17) is 18.0 Å². The second-order valence-electron chi connectivity index (χ2n) is 5.28. The fraction of sp³-hybridized carbons (Fsp3) is 0.500. The highest BCUT2D eigenvalue weighted by atomic mass is 32.2. The molecule has 1 aromatic rings. The van der Waals surface area contributed by atoms with E-state index in [-0.39, 0.29) is 9.88 Å². The maximum absolute atomic E-state index is 12.5. The maximum atomic E-state index is 12.5. The van der Waals surface area contributed by atoms with E-state index in [0.29, 0.717) is 12.8 Å². The number of hydrogen-bond donors (Lipinski definition) is 2. The Morgan fingerprint density at radius 2 is 1.65 bits per heavy atom. The van der Waals surface area contributed by atoms with Crippen molar-refractivity contribution in [2.75, 3.05) is 0 Å². The van der Waals surface area contributed by atoms with Crippen LogP contribution in [0.15, 0.2) is 35.2 Å². The van der Waals surface area contributed by atoms with Gasteiger partial charge in [-0.15, -0.1) is 0 Å². The zero-order chi connectivity index (χ0) is 14.6. The number of nitrogens with two attached hydrogens (primary N) is 1. The lowest BCUT2D eigenvalue weighted by Gasteiger charge is -2.32. The van der Waals surface area contributed by atoms with E-state index in [2.05, 4.69) is 4.72 Å². The normalized spacial score (nSPS) is 19.2. The van der Waals surface area contributed by atoms with Crippen molar-refractivity contribution in [1.29, 1.82) is 0 Å². The zero-order valence-electron chi connectivity index (χ0n) is 11.3. The molecule has 0 saturated heterocycles. The van der Waals surface area contributed by atoms with Crippen LogP contribution >= 0.6 is 12.2 Å². The molecule has 0 amide bonds. The highest BCUT2D eigenvalue weighted by molar-refractivity contribution is 7.89. The van der Waals surface area contributed by atoms with Crippen LogP contribution in [0, 0.1) is 0 Å². The summed E-state index contributed by atoms with van der Waals surface area (Å²) in [5, 5.41) is 0. The van der Waals surface area contributed by atoms with E-state index in [1.807, 2.05) is 0 Å². The molecule has 1 aromatic carbocycles. The second kappa shape index (κ2) is 6.20. The molecule has 0 bridgehead atoms. The average molecular weight is 312 g/mol. The molecule has 2 rings (SSSR count). The standard InChI is InChI=1S/C14H20N2O2S2/c15-13(19)14(10-6-1-2-7-11-14)16-20(17,18)12-8-4-3-5-9-12/h3-5,8-9,16H,1-2,6-7,10-11H2,(H2,15,19). The molecule has 0 atom stereocenters. The second-order valence-corrected chi connectivity index (χ2v) is 7.40. The summed E-state index contributed by atoms with van der Waals surface area (Å²) in [7, 11) is -3.60. The average Bonchev–Trinajstić information content (AvgIpc) is 2.66. The smallest absolute Gasteiger partial charge is 0.241 e. The predicted octanol–water partition coefficient (Wildman–Crippen LogP) is 2.34. The Kier molecular flexibility index (Phi) is 4.78. The van der Waals surface area contributed by atoms with E-state index in [0.717, 1.165) is 25.7 Å². The number of benzene rings is 1. The Morgan fingerprint density at radius 1 is 1.10 bits per heavy atom. The molecule has 4 nitrogen and oxygen atoms in total. The van der Waals surface area contributed by atoms with Gasteiger partial charge in [0, 0.05) is 0 Å². The third-order valence-electron chi connectivity index (χ3n) is 3.81. The Bertz CT molecular complexity index is 562. The zero-order valence-corrected chi connectivity index (χ0v) is 13.0. The summed E-state index contributed by atoms with van der Waals surface area (Å²) in [6, 6.07) is 8.34. The highest BCUT2D eigenvalue weighted by Crippen LogP contribution is 2.29. The first-order chi connectivity index (χ1) is 9.46. The fourth-order valence-corrected chi connectivity index (χ4v) is 4.43. The first-order valence-corrected chi connectivity index (χ1v) is 8.74. The third kappa shape index (κ3) is 3.37. The molecule has 1 aliphatic rings. The lowest BCUT2D eigenvalue weighted by molar-refractivity contribution is 0.441. The van der Waals surface area contributed by atoms with Crippen LogP contribution in [0.5, 0.6) is 0 Å². The first kappa shape index (κ1) is 15.4. The molecule has 110 valence electrons. The van der Waals surface area contributed by atoms with Gasteiger partial charge in [0.1, 0.15) is 0 Å². The quantitative estimate of drug-likeness (QED) is 0.661. The molecule has 0 spiro atoms. The van der Waals surface area contributed by atoms with Crippen LogP contribution in [-0.4, -0.2) is 18.9 Å². The van der Waals surface area contributed by atoms with Crippen molar-refractivity contribution in [1.82, 2.24) is 4.72 Å². The first-order valence-electron chi connectivity index (χ1n) is 6.85. The van der Waals surface area contributed by atoms with Crippen molar-refractivity contribution in [2.24, 2.45) is 5.73 Å². The van der Waals surface area contributed by atoms with E-state index in [1.165, 1.54) is 0 Å². The summed E-state index contributed by atoms with van der Waals surface area (Å²) < 4.78 is 27.8. The van der Waals surface area contributed by atoms with Gasteiger partial charge >= 0.3 is 0 Å². The fourth-order valence-electron chi connectivity index (χ4n) is 2.65. The lowest BCUT2D eigenvalue weighted by Crippen LogP contribution is -2.56. The minimum atomic E-state index is -3.60. The van der Waals surface area contributed by atoms with Gasteiger partial charge in [-0.25, -0.2) is 8.42 Å². The summed E-state index contributed by atoms with van der Waals surface area (Å²) in [5.41, 5.74) is 5.08. The van der Waals surface area contributed by atoms with Crippen molar-refractivity contribution >= 4 is 27.2 Å². The van der Waals surface area contributed by atoms with Crippen molar-refractivity contribution in [2.45, 2.75) is 49.0 Å². The molecule has 1 fully saturated rings. The van der Waals surface area contributed by atoms with Crippen molar-refractivity contribution in [3.8, 4) is 0 Å². The molecular weight excluding hydrogens is 292 g/mol. The van der Waals surface area contributed by atoms with Gasteiger partial charge < -0.3 is 5.73 Å². The molecule has 0 radical (unpaired) electrons. The van der Waals surface area contributed by atoms with Crippen molar-refractivity contribution in [3.63, 3.8) is 0 Å². The van der Waals surface area contributed by atoms with Gasteiger partial charge in [0.05, 0.1) is 15.4 Å². The van der Waals surface area contributed by atoms with Gasteiger partial charge in [-0.3, -0.25) is 0 Å². The van der Waals surface area contributed by atoms with Gasteiger partial charge in [-0.2, -0.15) is 4.72 Å². The summed E-state index contributed by atoms with van der Waals surface area (Å²) >= 11 is 5.16. The lowest BCUT2D eigenvalue weighted by atomic mass is 9.91. The SMILES string of the molecule is NC(=S)C1(NS(=O)(=O)c2ccccc2)CCCCCC1. The van der Waals surface area contributed by atoms with Crippen molar-refractivity contribution < 1.29 is 8.42 Å². The van der Waals surface area contributed by atoms with Gasteiger partial charge in [0.2, 0.25) is 10.0 Å². The van der Waals surface area contributed by atoms with Gasteiger partial charge in [-0.05, 0) is 25.0 Å². The van der Waals surface area contributed by atoms with E-state index in [9.17, 15) is 8.42 Å². The van der Waals surface area contributed by atoms with Gasteiger partial charge in [0.25, 0.3) is 0 Å². The summed E-state index contributed by atoms with van der Waals surface area (Å²) in [6.45, 7) is 0. The minimum absolute atomic E-state index is 0.249. The Hall–Kier alpha value is -0.980. The van der Waals surface area contributed by atoms with Crippen molar-refractivity contribution in [3.05, 3.63) is 30.3 Å². The predicted molar refractivity (Wildman–Crippen MR) is 84.0 cm³/mol. The highest BCUT2D eigenvalue weighted by Gasteiger charge is 2.38. The van der Waals surface area contributed by atoms with E-state index >= 15 is 0 Å². The van der Waals surface area contributed by atoms with E-state index < -0.39 is 15.6 Å². The van der Waals surface area contributed by atoms with Crippen LogP contribution in [0.1, 0.15) is 38.5 Å². The molecule has 0 aliphatic heterocycles. The molecule has 0 aromatic heterocycles. The molecule has 1 saturated carbocycles. The number of rotatable bonds is 4. The largest absolute Gasteiger partial charge is 0.392 e. The molecule has 6 heteroatoms. The Labute approximate surface area is 125 Å². The van der Waals surface area contributed by atoms with Crippen LogP contribution < -0.4 is 10.5 Å².